The van der Waals surface area contributed by atoms with E-state index in [9.17, 15) is 0 Å². The van der Waals surface area contributed by atoms with Crippen LogP contribution in [0.2, 0.25) is 0 Å². The van der Waals surface area contributed by atoms with Gasteiger partial charge in [0.2, 0.25) is 0 Å². The van der Waals surface area contributed by atoms with Gasteiger partial charge in [-0.3, -0.25) is 0 Å². The molecule has 2 nitrogen and oxygen atoms in total. The average molecular weight is 222 g/mol. The van der Waals surface area contributed by atoms with Gasteiger partial charge in [-0.2, -0.15) is 11.8 Å². The molecule has 15 heavy (non-hydrogen) atoms. The average Bonchev–Trinajstić information content (AvgIpc) is 2.58. The first kappa shape index (κ1) is 10.8. The predicted octanol–water partition coefficient (Wildman–Crippen LogP) is 2.09. The van der Waals surface area contributed by atoms with Crippen molar-refractivity contribution in [3.05, 3.63) is 29.8 Å². The second-order valence-electron chi connectivity index (χ2n) is 3.83. The molecule has 2 rings (SSSR count). The van der Waals surface area contributed by atoms with Crippen molar-refractivity contribution < 1.29 is 0 Å². The summed E-state index contributed by atoms with van der Waals surface area (Å²) in [6.07, 6.45) is 1.29. The van der Waals surface area contributed by atoms with Crippen LogP contribution in [0.5, 0.6) is 0 Å². The van der Waals surface area contributed by atoms with Crippen LogP contribution in [0.4, 0.5) is 5.69 Å². The van der Waals surface area contributed by atoms with E-state index < -0.39 is 0 Å². The van der Waals surface area contributed by atoms with Crippen LogP contribution in [0.25, 0.3) is 0 Å². The molecule has 0 atom stereocenters. The quantitative estimate of drug-likeness (QED) is 0.831. The van der Waals surface area contributed by atoms with Gasteiger partial charge < -0.3 is 10.6 Å². The number of nitrogens with zero attached hydrogens (tertiary/aromatic N) is 1. The van der Waals surface area contributed by atoms with Crippen LogP contribution in [0, 0.1) is 0 Å². The molecule has 1 saturated heterocycles. The molecule has 0 saturated carbocycles. The molecule has 1 aromatic rings. The fourth-order valence-electron chi connectivity index (χ4n) is 1.88. The summed E-state index contributed by atoms with van der Waals surface area (Å²) in [5.74, 6) is 2.54. The predicted molar refractivity (Wildman–Crippen MR) is 68.5 cm³/mol. The van der Waals surface area contributed by atoms with Crippen molar-refractivity contribution in [3.63, 3.8) is 0 Å². The SMILES string of the molecule is NCc1cccc(N2CCCSCC2)c1. The molecule has 1 aromatic carbocycles. The molecule has 1 fully saturated rings. The monoisotopic (exact) mass is 222 g/mol. The topological polar surface area (TPSA) is 29.3 Å². The van der Waals surface area contributed by atoms with E-state index in [-0.39, 0.29) is 0 Å². The zero-order valence-electron chi connectivity index (χ0n) is 8.98. The highest BCUT2D eigenvalue weighted by atomic mass is 32.2. The maximum Gasteiger partial charge on any atom is 0.0369 e. The molecule has 0 radical (unpaired) electrons. The second-order valence-corrected chi connectivity index (χ2v) is 5.05. The summed E-state index contributed by atoms with van der Waals surface area (Å²) in [4.78, 5) is 2.47. The van der Waals surface area contributed by atoms with Gasteiger partial charge in [0.15, 0.2) is 0 Å². The zero-order valence-corrected chi connectivity index (χ0v) is 9.80. The lowest BCUT2D eigenvalue weighted by molar-refractivity contribution is 0.815. The van der Waals surface area contributed by atoms with Gasteiger partial charge in [0.1, 0.15) is 0 Å². The van der Waals surface area contributed by atoms with Crippen molar-refractivity contribution in [1.29, 1.82) is 0 Å². The minimum Gasteiger partial charge on any atom is -0.371 e. The van der Waals surface area contributed by atoms with Crippen LogP contribution in [-0.2, 0) is 6.54 Å². The number of anilines is 1. The molecule has 0 amide bonds. The third kappa shape index (κ3) is 2.89. The summed E-state index contributed by atoms with van der Waals surface area (Å²) in [7, 11) is 0. The van der Waals surface area contributed by atoms with Crippen molar-refractivity contribution >= 4 is 17.4 Å². The van der Waals surface area contributed by atoms with Crippen LogP contribution in [-0.4, -0.2) is 24.6 Å². The number of nitrogens with two attached hydrogens (primary N) is 1. The smallest absolute Gasteiger partial charge is 0.0369 e. The first-order chi connectivity index (χ1) is 7.40. The Kier molecular flexibility index (Phi) is 3.92. The summed E-state index contributed by atoms with van der Waals surface area (Å²) in [5, 5.41) is 0. The van der Waals surface area contributed by atoms with E-state index in [1.54, 1.807) is 0 Å². The molecule has 2 N–H and O–H groups in total. The molecular weight excluding hydrogens is 204 g/mol. The number of rotatable bonds is 2. The van der Waals surface area contributed by atoms with Gasteiger partial charge in [-0.25, -0.2) is 0 Å². The number of benzene rings is 1. The first-order valence-corrected chi connectivity index (χ1v) is 6.67. The molecule has 1 aliphatic heterocycles. The largest absolute Gasteiger partial charge is 0.371 e. The summed E-state index contributed by atoms with van der Waals surface area (Å²) in [6, 6.07) is 8.61. The summed E-state index contributed by atoms with van der Waals surface area (Å²) in [5.41, 5.74) is 8.22. The Bertz CT molecular complexity index is 306. The van der Waals surface area contributed by atoms with Gasteiger partial charge in [-0.1, -0.05) is 12.1 Å². The van der Waals surface area contributed by atoms with Gasteiger partial charge >= 0.3 is 0 Å². The van der Waals surface area contributed by atoms with Crippen LogP contribution in [0.15, 0.2) is 24.3 Å². The lowest BCUT2D eigenvalue weighted by atomic mass is 10.2. The molecule has 82 valence electrons. The summed E-state index contributed by atoms with van der Waals surface area (Å²) >= 11 is 2.06. The fraction of sp³-hybridized carbons (Fsp3) is 0.500. The zero-order chi connectivity index (χ0) is 10.5. The maximum atomic E-state index is 5.66. The normalized spacial score (nSPS) is 17.5. The van der Waals surface area contributed by atoms with Crippen molar-refractivity contribution in [2.24, 2.45) is 5.73 Å². The summed E-state index contributed by atoms with van der Waals surface area (Å²) in [6.45, 7) is 2.98. The Morgan fingerprint density at radius 3 is 3.07 bits per heavy atom. The summed E-state index contributed by atoms with van der Waals surface area (Å²) < 4.78 is 0. The lowest BCUT2D eigenvalue weighted by Gasteiger charge is -2.22. The third-order valence-corrected chi connectivity index (χ3v) is 3.78. The number of thioether (sulfide) groups is 1. The maximum absolute atomic E-state index is 5.66. The Labute approximate surface area is 95.8 Å². The van der Waals surface area contributed by atoms with Gasteiger partial charge in [0.25, 0.3) is 0 Å². The first-order valence-electron chi connectivity index (χ1n) is 5.52. The molecule has 0 unspecified atom stereocenters. The third-order valence-electron chi connectivity index (χ3n) is 2.73. The minimum atomic E-state index is 0.635. The van der Waals surface area contributed by atoms with Crippen LogP contribution in [0.1, 0.15) is 12.0 Å². The molecule has 3 heteroatoms. The highest BCUT2D eigenvalue weighted by Crippen LogP contribution is 2.20. The van der Waals surface area contributed by atoms with Gasteiger partial charge in [-0.15, -0.1) is 0 Å². The van der Waals surface area contributed by atoms with Crippen molar-refractivity contribution in [2.75, 3.05) is 29.5 Å². The van der Waals surface area contributed by atoms with Crippen molar-refractivity contribution in [1.82, 2.24) is 0 Å². The van der Waals surface area contributed by atoms with E-state index in [1.807, 2.05) is 0 Å². The number of hydrogen-bond donors (Lipinski definition) is 1. The molecule has 0 spiro atoms. The van der Waals surface area contributed by atoms with Crippen LogP contribution in [0.3, 0.4) is 0 Å². The molecule has 0 bridgehead atoms. The van der Waals surface area contributed by atoms with Crippen LogP contribution < -0.4 is 10.6 Å². The fourth-order valence-corrected chi connectivity index (χ4v) is 2.77. The second kappa shape index (κ2) is 5.42. The standard InChI is InChI=1S/C12H18N2S/c13-10-11-3-1-4-12(9-11)14-5-2-7-15-8-6-14/h1,3-4,9H,2,5-8,10,13H2. The van der Waals surface area contributed by atoms with Crippen molar-refractivity contribution in [2.45, 2.75) is 13.0 Å². The van der Waals surface area contributed by atoms with E-state index >= 15 is 0 Å². The van der Waals surface area contributed by atoms with Crippen LogP contribution >= 0.6 is 11.8 Å². The Hall–Kier alpha value is -0.670. The highest BCUT2D eigenvalue weighted by molar-refractivity contribution is 7.99. The van der Waals surface area contributed by atoms with E-state index in [2.05, 4.69) is 40.9 Å². The van der Waals surface area contributed by atoms with Gasteiger partial charge in [0.05, 0.1) is 0 Å². The Balaban J connectivity index is 2.12. The molecule has 0 aromatic heterocycles. The van der Waals surface area contributed by atoms with Crippen molar-refractivity contribution in [3.8, 4) is 0 Å². The molecule has 0 aliphatic carbocycles. The molecule has 1 aliphatic rings. The van der Waals surface area contributed by atoms with Gasteiger partial charge in [-0.05, 0) is 29.9 Å². The highest BCUT2D eigenvalue weighted by Gasteiger charge is 2.09. The Morgan fingerprint density at radius 1 is 1.27 bits per heavy atom. The van der Waals surface area contributed by atoms with E-state index in [1.165, 1.54) is 42.3 Å². The Morgan fingerprint density at radius 2 is 2.20 bits per heavy atom. The van der Waals surface area contributed by atoms with E-state index in [4.69, 9.17) is 5.73 Å². The van der Waals surface area contributed by atoms with E-state index in [0.29, 0.717) is 6.54 Å². The number of hydrogen-bond acceptors (Lipinski definition) is 3. The lowest BCUT2D eigenvalue weighted by Crippen LogP contribution is -2.25. The van der Waals surface area contributed by atoms with E-state index in [0.717, 1.165) is 0 Å². The molecular formula is C12H18N2S. The van der Waals surface area contributed by atoms with Gasteiger partial charge in [0, 0.05) is 31.1 Å². The molecule has 1 heterocycles. The minimum absolute atomic E-state index is 0.635.